The molecule has 4 heteroatoms. The fourth-order valence-electron chi connectivity index (χ4n) is 4.65. The zero-order valence-corrected chi connectivity index (χ0v) is 10.7. The molecule has 3 fully saturated rings. The molecule has 3 aliphatic rings. The molecule has 0 spiro atoms. The van der Waals surface area contributed by atoms with Crippen LogP contribution >= 0.6 is 0 Å². The van der Waals surface area contributed by atoms with E-state index in [0.717, 1.165) is 44.9 Å². The average Bonchev–Trinajstić information content (AvgIpc) is 2.83. The van der Waals surface area contributed by atoms with E-state index >= 15 is 0 Å². The highest BCUT2D eigenvalue weighted by Gasteiger charge is 2.62. The lowest BCUT2D eigenvalue weighted by Gasteiger charge is -2.56. The number of nitrogens with two attached hydrogens (primary N) is 1. The molecule has 0 amide bonds. The second kappa shape index (κ2) is 3.95. The predicted molar refractivity (Wildman–Crippen MR) is 66.6 cm³/mol. The lowest BCUT2D eigenvalue weighted by molar-refractivity contribution is -0.0864. The third-order valence-electron chi connectivity index (χ3n) is 5.64. The van der Waals surface area contributed by atoms with Gasteiger partial charge in [0.2, 0.25) is 0 Å². The normalized spacial score (nSPS) is 47.7. The number of rotatable bonds is 0. The zero-order valence-electron chi connectivity index (χ0n) is 10.7. The predicted octanol–water partition coefficient (Wildman–Crippen LogP) is 2.08. The van der Waals surface area contributed by atoms with Crippen molar-refractivity contribution in [1.82, 2.24) is 5.01 Å². The molecule has 1 saturated heterocycles. The molecule has 0 unspecified atom stereocenters. The molecule has 2 N–H and O–H groups in total. The Hall–Kier alpha value is -1.10. The van der Waals surface area contributed by atoms with E-state index < -0.39 is 11.1 Å². The molecule has 96 valence electrons. The largest absolute Gasteiger partial charge is 0.266 e. The number of hydrogen-bond acceptors (Lipinski definition) is 4. The second-order valence-electron chi connectivity index (χ2n) is 6.21. The first-order valence-electron chi connectivity index (χ1n) is 7.07. The van der Waals surface area contributed by atoms with E-state index in [0.29, 0.717) is 11.8 Å². The van der Waals surface area contributed by atoms with Crippen LogP contribution in [-0.2, 0) is 0 Å². The van der Waals surface area contributed by atoms with Gasteiger partial charge in [0, 0.05) is 0 Å². The average molecular weight is 244 g/mol. The molecule has 2 aliphatic carbocycles. The van der Waals surface area contributed by atoms with Crippen molar-refractivity contribution in [2.24, 2.45) is 17.7 Å². The zero-order chi connectivity index (χ0) is 12.8. The fourth-order valence-corrected chi connectivity index (χ4v) is 4.65. The first-order chi connectivity index (χ1) is 8.69. The van der Waals surface area contributed by atoms with Crippen LogP contribution in [0.15, 0.2) is 0 Å². The lowest BCUT2D eigenvalue weighted by atomic mass is 9.62. The maximum atomic E-state index is 9.70. The number of fused-ring (bicyclic) bond motifs is 2. The summed E-state index contributed by atoms with van der Waals surface area (Å²) < 4.78 is 0. The van der Waals surface area contributed by atoms with Gasteiger partial charge in [-0.1, -0.05) is 19.3 Å². The second-order valence-corrected chi connectivity index (χ2v) is 6.21. The van der Waals surface area contributed by atoms with Gasteiger partial charge < -0.3 is 0 Å². The molecule has 0 aromatic carbocycles. The molecule has 1 aliphatic heterocycles. The van der Waals surface area contributed by atoms with E-state index in [4.69, 9.17) is 5.84 Å². The van der Waals surface area contributed by atoms with E-state index in [-0.39, 0.29) is 0 Å². The third kappa shape index (κ3) is 1.25. The molecule has 0 aromatic rings. The third-order valence-corrected chi connectivity index (χ3v) is 5.64. The van der Waals surface area contributed by atoms with Crippen LogP contribution < -0.4 is 5.84 Å². The molecule has 18 heavy (non-hydrogen) atoms. The molecule has 1 heterocycles. The van der Waals surface area contributed by atoms with Crippen molar-refractivity contribution in [3.8, 4) is 12.1 Å². The summed E-state index contributed by atoms with van der Waals surface area (Å²) in [5, 5.41) is 21.0. The quantitative estimate of drug-likeness (QED) is 0.662. The van der Waals surface area contributed by atoms with Gasteiger partial charge in [-0.25, -0.2) is 5.01 Å². The van der Waals surface area contributed by atoms with Crippen molar-refractivity contribution < 1.29 is 0 Å². The Morgan fingerprint density at radius 3 is 2.11 bits per heavy atom. The molecule has 3 rings (SSSR count). The van der Waals surface area contributed by atoms with Crippen LogP contribution in [0.4, 0.5) is 0 Å². The van der Waals surface area contributed by atoms with Crippen molar-refractivity contribution in [3.05, 3.63) is 0 Å². The van der Waals surface area contributed by atoms with Gasteiger partial charge in [-0.2, -0.15) is 10.5 Å². The van der Waals surface area contributed by atoms with Gasteiger partial charge in [0.1, 0.15) is 11.1 Å². The highest BCUT2D eigenvalue weighted by Crippen LogP contribution is 2.55. The Balaban J connectivity index is 2.05. The summed E-state index contributed by atoms with van der Waals surface area (Å²) in [6, 6.07) is 4.96. The monoisotopic (exact) mass is 244 g/mol. The SMILES string of the molecule is N#C[C@]12CCCC[C@@H]1C[C@@H]1CCC[C@@]1(C#N)N2N. The Morgan fingerprint density at radius 2 is 1.50 bits per heavy atom. The number of piperidine rings is 1. The van der Waals surface area contributed by atoms with Gasteiger partial charge in [0.15, 0.2) is 0 Å². The highest BCUT2D eigenvalue weighted by atomic mass is 15.5. The van der Waals surface area contributed by atoms with E-state index in [1.807, 2.05) is 0 Å². The van der Waals surface area contributed by atoms with Gasteiger partial charge in [0.05, 0.1) is 12.1 Å². The Bertz CT molecular complexity index is 434. The van der Waals surface area contributed by atoms with Gasteiger partial charge in [-0.05, 0) is 43.9 Å². The van der Waals surface area contributed by atoms with Crippen molar-refractivity contribution in [2.45, 2.75) is 62.4 Å². The van der Waals surface area contributed by atoms with Crippen LogP contribution in [0.2, 0.25) is 0 Å². The molecule has 2 saturated carbocycles. The van der Waals surface area contributed by atoms with Crippen LogP contribution in [0.1, 0.15) is 51.4 Å². The summed E-state index contributed by atoms with van der Waals surface area (Å²) in [4.78, 5) is 0. The van der Waals surface area contributed by atoms with Gasteiger partial charge in [0.25, 0.3) is 0 Å². The summed E-state index contributed by atoms with van der Waals surface area (Å²) in [6.45, 7) is 0. The number of hydrazine groups is 1. The number of nitrogens with zero attached hydrogens (tertiary/aromatic N) is 3. The summed E-state index contributed by atoms with van der Waals surface area (Å²) in [7, 11) is 0. The molecule has 0 radical (unpaired) electrons. The fraction of sp³-hybridized carbons (Fsp3) is 0.857. The molecule has 4 nitrogen and oxygen atoms in total. The van der Waals surface area contributed by atoms with Crippen molar-refractivity contribution in [1.29, 1.82) is 10.5 Å². The molecular formula is C14H20N4. The Kier molecular flexibility index (Phi) is 2.62. The van der Waals surface area contributed by atoms with Crippen molar-refractivity contribution >= 4 is 0 Å². The summed E-state index contributed by atoms with van der Waals surface area (Å²) >= 11 is 0. The smallest absolute Gasteiger partial charge is 0.126 e. The lowest BCUT2D eigenvalue weighted by Crippen LogP contribution is -2.71. The molecular weight excluding hydrogens is 224 g/mol. The van der Waals surface area contributed by atoms with E-state index in [1.54, 1.807) is 5.01 Å². The van der Waals surface area contributed by atoms with Crippen molar-refractivity contribution in [3.63, 3.8) is 0 Å². The van der Waals surface area contributed by atoms with Gasteiger partial charge in [-0.3, -0.25) is 5.84 Å². The van der Waals surface area contributed by atoms with E-state index in [2.05, 4.69) is 12.1 Å². The number of nitriles is 2. The van der Waals surface area contributed by atoms with Crippen LogP contribution in [-0.4, -0.2) is 16.1 Å². The minimum absolute atomic E-state index is 0.367. The molecule has 0 aromatic heterocycles. The minimum Gasteiger partial charge on any atom is -0.266 e. The standard InChI is InChI=1S/C14H20N4/c15-9-13-6-2-1-4-11(13)8-12-5-3-7-14(12,10-16)18(13)17/h11-12H,1-8,17H2/t11-,12+,13-,14+/m1/s1. The van der Waals surface area contributed by atoms with Crippen LogP contribution in [0, 0.1) is 34.5 Å². The van der Waals surface area contributed by atoms with E-state index in [1.165, 1.54) is 6.42 Å². The molecule has 0 bridgehead atoms. The van der Waals surface area contributed by atoms with Gasteiger partial charge >= 0.3 is 0 Å². The van der Waals surface area contributed by atoms with E-state index in [9.17, 15) is 10.5 Å². The highest BCUT2D eigenvalue weighted by molar-refractivity contribution is 5.26. The van der Waals surface area contributed by atoms with Crippen molar-refractivity contribution in [2.75, 3.05) is 0 Å². The summed E-state index contributed by atoms with van der Waals surface area (Å²) in [5.41, 5.74) is -1.14. The van der Waals surface area contributed by atoms with Gasteiger partial charge in [-0.15, -0.1) is 0 Å². The Labute approximate surface area is 108 Å². The maximum absolute atomic E-state index is 9.70. The Morgan fingerprint density at radius 1 is 0.944 bits per heavy atom. The summed E-state index contributed by atoms with van der Waals surface area (Å²) in [5.74, 6) is 7.09. The van der Waals surface area contributed by atoms with Crippen LogP contribution in [0.25, 0.3) is 0 Å². The summed E-state index contributed by atoms with van der Waals surface area (Å²) in [6.07, 6.45) is 8.22. The topological polar surface area (TPSA) is 76.8 Å². The minimum atomic E-state index is -0.575. The first-order valence-corrected chi connectivity index (χ1v) is 7.07. The molecule has 4 atom stereocenters. The van der Waals surface area contributed by atoms with Crippen LogP contribution in [0.3, 0.4) is 0 Å². The maximum Gasteiger partial charge on any atom is 0.126 e. The van der Waals surface area contributed by atoms with Crippen LogP contribution in [0.5, 0.6) is 0 Å². The first kappa shape index (κ1) is 12.0. The number of hydrogen-bond donors (Lipinski definition) is 1.